The van der Waals surface area contributed by atoms with Crippen molar-refractivity contribution in [2.75, 3.05) is 26.8 Å². The zero-order valence-corrected chi connectivity index (χ0v) is 16.8. The van der Waals surface area contributed by atoms with E-state index in [1.165, 1.54) is 0 Å². The largest absolute Gasteiger partial charge is 0.497 e. The van der Waals surface area contributed by atoms with Gasteiger partial charge in [0, 0.05) is 12.1 Å². The van der Waals surface area contributed by atoms with Crippen molar-refractivity contribution in [3.8, 4) is 5.75 Å². The van der Waals surface area contributed by atoms with E-state index in [0.717, 1.165) is 55.0 Å². The molecule has 2 heterocycles. The fourth-order valence-corrected chi connectivity index (χ4v) is 4.81. The average Bonchev–Trinajstić information content (AvgIpc) is 2.92. The standard InChI is InChI=1S/C23H30N2O3/c1-23(9-5-18(27-2)6-10-23)21-8-12-24-11-7-17(21)15-28-19-4-3-16-14-25-22(26)20(16)13-19/h3-6,9,13,17,21,24H,7-8,10-12,14-15H2,1-2H3,(H,25,26)/t17-,21+,23?/m1/s1. The van der Waals surface area contributed by atoms with E-state index in [1.807, 2.05) is 18.2 Å². The van der Waals surface area contributed by atoms with Crippen LogP contribution < -0.4 is 15.4 Å². The Bertz CT molecular complexity index is 801. The summed E-state index contributed by atoms with van der Waals surface area (Å²) in [5.74, 6) is 2.74. The van der Waals surface area contributed by atoms with Crippen molar-refractivity contribution in [2.45, 2.75) is 32.7 Å². The molecule has 1 aromatic carbocycles. The van der Waals surface area contributed by atoms with Gasteiger partial charge in [-0.3, -0.25) is 4.79 Å². The first kappa shape index (κ1) is 19.1. The Labute approximate surface area is 167 Å². The number of carbonyl (C=O) groups excluding carboxylic acids is 1. The highest BCUT2D eigenvalue weighted by atomic mass is 16.5. The smallest absolute Gasteiger partial charge is 0.252 e. The first-order valence-electron chi connectivity index (χ1n) is 10.3. The Morgan fingerprint density at radius 1 is 1.25 bits per heavy atom. The number of carbonyl (C=O) groups is 1. The van der Waals surface area contributed by atoms with Gasteiger partial charge >= 0.3 is 0 Å². The lowest BCUT2D eigenvalue weighted by atomic mass is 9.65. The van der Waals surface area contributed by atoms with Crippen LogP contribution in [0.4, 0.5) is 0 Å². The first-order valence-corrected chi connectivity index (χ1v) is 10.3. The SMILES string of the molecule is COC1=CCC(C)([C@H]2CCNCC[C@@H]2COc2ccc3c(c2)C(=O)NC3)C=C1. The minimum absolute atomic E-state index is 0.00224. The molecule has 2 aliphatic heterocycles. The molecule has 1 aromatic rings. The highest BCUT2D eigenvalue weighted by molar-refractivity contribution is 5.98. The van der Waals surface area contributed by atoms with Crippen LogP contribution in [0, 0.1) is 17.3 Å². The Morgan fingerprint density at radius 3 is 2.89 bits per heavy atom. The normalized spacial score (nSPS) is 29.5. The molecule has 5 nitrogen and oxygen atoms in total. The van der Waals surface area contributed by atoms with Crippen molar-refractivity contribution in [1.82, 2.24) is 10.6 Å². The van der Waals surface area contributed by atoms with Crippen LogP contribution in [-0.4, -0.2) is 32.7 Å². The van der Waals surface area contributed by atoms with Gasteiger partial charge in [-0.25, -0.2) is 0 Å². The summed E-state index contributed by atoms with van der Waals surface area (Å²) in [6.07, 6.45) is 9.87. The minimum Gasteiger partial charge on any atom is -0.497 e. The summed E-state index contributed by atoms with van der Waals surface area (Å²) in [6.45, 7) is 5.72. The molecule has 2 N–H and O–H groups in total. The van der Waals surface area contributed by atoms with Crippen molar-refractivity contribution in [2.24, 2.45) is 17.3 Å². The fraction of sp³-hybridized carbons (Fsp3) is 0.522. The molecule has 1 unspecified atom stereocenters. The number of benzene rings is 1. The Kier molecular flexibility index (Phi) is 5.44. The summed E-state index contributed by atoms with van der Waals surface area (Å²) in [4.78, 5) is 11.9. The zero-order valence-electron chi connectivity index (χ0n) is 16.8. The number of ether oxygens (including phenoxy) is 2. The van der Waals surface area contributed by atoms with Crippen LogP contribution in [0.2, 0.25) is 0 Å². The van der Waals surface area contributed by atoms with Crippen LogP contribution in [0.15, 0.2) is 42.2 Å². The second-order valence-corrected chi connectivity index (χ2v) is 8.36. The highest BCUT2D eigenvalue weighted by Crippen LogP contribution is 2.44. The number of allylic oxidation sites excluding steroid dienone is 3. The van der Waals surface area contributed by atoms with E-state index >= 15 is 0 Å². The van der Waals surface area contributed by atoms with E-state index in [2.05, 4.69) is 35.8 Å². The van der Waals surface area contributed by atoms with Gasteiger partial charge in [0.15, 0.2) is 0 Å². The van der Waals surface area contributed by atoms with Gasteiger partial charge in [-0.1, -0.05) is 19.1 Å². The van der Waals surface area contributed by atoms with Crippen molar-refractivity contribution < 1.29 is 14.3 Å². The van der Waals surface area contributed by atoms with Crippen LogP contribution in [-0.2, 0) is 11.3 Å². The van der Waals surface area contributed by atoms with Gasteiger partial charge in [-0.05, 0) is 79.5 Å². The Balaban J connectivity index is 1.47. The molecule has 0 spiro atoms. The maximum atomic E-state index is 11.9. The van der Waals surface area contributed by atoms with Gasteiger partial charge in [0.2, 0.25) is 0 Å². The maximum absolute atomic E-state index is 11.9. The predicted octanol–water partition coefficient (Wildman–Crippen LogP) is 3.42. The molecular weight excluding hydrogens is 352 g/mol. The third kappa shape index (κ3) is 3.81. The predicted molar refractivity (Wildman–Crippen MR) is 109 cm³/mol. The van der Waals surface area contributed by atoms with Gasteiger partial charge in [-0.15, -0.1) is 0 Å². The molecule has 1 aliphatic carbocycles. The summed E-state index contributed by atoms with van der Waals surface area (Å²) in [6, 6.07) is 5.87. The lowest BCUT2D eigenvalue weighted by molar-refractivity contribution is 0.0964. The summed E-state index contributed by atoms with van der Waals surface area (Å²) in [5.41, 5.74) is 1.91. The average molecular weight is 383 g/mol. The second-order valence-electron chi connectivity index (χ2n) is 8.36. The van der Waals surface area contributed by atoms with Crippen LogP contribution in [0.25, 0.3) is 0 Å². The summed E-state index contributed by atoms with van der Waals surface area (Å²) in [5, 5.41) is 6.41. The quantitative estimate of drug-likeness (QED) is 0.819. The van der Waals surface area contributed by atoms with Gasteiger partial charge in [0.25, 0.3) is 5.91 Å². The molecule has 3 atom stereocenters. The number of nitrogens with one attached hydrogen (secondary N) is 2. The topological polar surface area (TPSA) is 59.6 Å². The lowest BCUT2D eigenvalue weighted by Crippen LogP contribution is -2.35. The molecule has 3 aliphatic rings. The minimum atomic E-state index is -0.00224. The number of methoxy groups -OCH3 is 1. The molecule has 1 saturated heterocycles. The van der Waals surface area contributed by atoms with E-state index in [9.17, 15) is 4.79 Å². The third-order valence-electron chi connectivity index (χ3n) is 6.58. The monoisotopic (exact) mass is 382 g/mol. The second kappa shape index (κ2) is 8.00. The number of fused-ring (bicyclic) bond motifs is 1. The van der Waals surface area contributed by atoms with Gasteiger partial charge in [-0.2, -0.15) is 0 Å². The van der Waals surface area contributed by atoms with Gasteiger partial charge in [0.1, 0.15) is 11.5 Å². The summed E-state index contributed by atoms with van der Waals surface area (Å²) >= 11 is 0. The van der Waals surface area contributed by atoms with Crippen molar-refractivity contribution in [1.29, 1.82) is 0 Å². The molecule has 0 radical (unpaired) electrons. The molecule has 1 amide bonds. The van der Waals surface area contributed by atoms with Crippen molar-refractivity contribution >= 4 is 5.91 Å². The van der Waals surface area contributed by atoms with E-state index in [-0.39, 0.29) is 11.3 Å². The van der Waals surface area contributed by atoms with Gasteiger partial charge < -0.3 is 20.1 Å². The molecular formula is C23H30N2O3. The maximum Gasteiger partial charge on any atom is 0.252 e. The summed E-state index contributed by atoms with van der Waals surface area (Å²) in [7, 11) is 1.72. The molecule has 28 heavy (non-hydrogen) atoms. The van der Waals surface area contributed by atoms with E-state index < -0.39 is 0 Å². The Morgan fingerprint density at radius 2 is 2.11 bits per heavy atom. The Hall–Kier alpha value is -2.27. The number of hydrogen-bond acceptors (Lipinski definition) is 4. The number of amides is 1. The number of hydrogen-bond donors (Lipinski definition) is 2. The van der Waals surface area contributed by atoms with E-state index in [0.29, 0.717) is 25.0 Å². The molecule has 150 valence electrons. The first-order chi connectivity index (χ1) is 13.6. The highest BCUT2D eigenvalue weighted by Gasteiger charge is 2.38. The molecule has 1 fully saturated rings. The molecule has 0 bridgehead atoms. The zero-order chi connectivity index (χ0) is 19.6. The third-order valence-corrected chi connectivity index (χ3v) is 6.58. The lowest BCUT2D eigenvalue weighted by Gasteiger charge is -2.40. The molecule has 0 saturated carbocycles. The van der Waals surface area contributed by atoms with Crippen molar-refractivity contribution in [3.63, 3.8) is 0 Å². The molecule has 5 heteroatoms. The van der Waals surface area contributed by atoms with E-state index in [4.69, 9.17) is 9.47 Å². The fourth-order valence-electron chi connectivity index (χ4n) is 4.81. The summed E-state index contributed by atoms with van der Waals surface area (Å²) < 4.78 is 11.6. The molecule has 0 aromatic heterocycles. The molecule has 4 rings (SSSR count). The van der Waals surface area contributed by atoms with Crippen LogP contribution >= 0.6 is 0 Å². The van der Waals surface area contributed by atoms with E-state index in [1.54, 1.807) is 7.11 Å². The van der Waals surface area contributed by atoms with Crippen LogP contribution in [0.5, 0.6) is 5.75 Å². The van der Waals surface area contributed by atoms with Gasteiger partial charge in [0.05, 0.1) is 13.7 Å². The van der Waals surface area contributed by atoms with Crippen LogP contribution in [0.3, 0.4) is 0 Å². The van der Waals surface area contributed by atoms with Crippen LogP contribution in [0.1, 0.15) is 42.1 Å². The van der Waals surface area contributed by atoms with Crippen molar-refractivity contribution in [3.05, 3.63) is 53.3 Å². The number of rotatable bonds is 5.